The molecule has 4 rings (SSSR count). The molecule has 2 heterocycles. The van der Waals surface area contributed by atoms with E-state index >= 15 is 0 Å². The molecule has 0 radical (unpaired) electrons. The Bertz CT molecular complexity index is 1500. The van der Waals surface area contributed by atoms with Gasteiger partial charge in [-0.3, -0.25) is 9.69 Å². The topological polar surface area (TPSA) is 105 Å². The molecule has 3 aromatic rings. The average molecular weight is 571 g/mol. The molecule has 1 saturated heterocycles. The Morgan fingerprint density at radius 3 is 2.23 bits per heavy atom. The minimum absolute atomic E-state index is 0.0316. The lowest BCUT2D eigenvalue weighted by Crippen LogP contribution is -2.44. The highest BCUT2D eigenvalue weighted by Gasteiger charge is 2.50. The number of halogens is 3. The number of carbonyl (C=O) groups excluding carboxylic acids is 2. The van der Waals surface area contributed by atoms with E-state index < -0.39 is 34.8 Å². The summed E-state index contributed by atoms with van der Waals surface area (Å²) in [5.41, 5.74) is -1.27. The largest absolute Gasteiger partial charge is 0.467 e. The molecule has 1 aliphatic heterocycles. The molecule has 0 unspecified atom stereocenters. The zero-order valence-corrected chi connectivity index (χ0v) is 22.2. The molecule has 0 bridgehead atoms. The monoisotopic (exact) mass is 570 g/mol. The first kappa shape index (κ1) is 28.5. The minimum atomic E-state index is -4.84. The maximum atomic E-state index is 13.5. The van der Waals surface area contributed by atoms with Gasteiger partial charge in [-0.05, 0) is 67.5 Å². The molecule has 40 heavy (non-hydrogen) atoms. The summed E-state index contributed by atoms with van der Waals surface area (Å²) in [7, 11) is 1.23. The standard InChI is InChI=1S/C27H21F3N4O5S/c1-26(2)24(36)33(19-12-21(27(28,29)30)22(13-31)32-14-19)25(40)34(26)18-8-4-16(5-9-18)17-6-10-20(11-7-17)39-38-15-23(35)37-3/h4-12,14H,15H2,1-3H3. The fraction of sp³-hybridized carbons (Fsp3) is 0.222. The lowest BCUT2D eigenvalue weighted by Gasteiger charge is -2.29. The van der Waals surface area contributed by atoms with Crippen molar-refractivity contribution < 1.29 is 37.3 Å². The number of nitrogens with zero attached hydrogens (tertiary/aromatic N) is 4. The molecule has 0 N–H and O–H groups in total. The van der Waals surface area contributed by atoms with E-state index in [1.54, 1.807) is 67.3 Å². The zero-order valence-electron chi connectivity index (χ0n) is 21.4. The van der Waals surface area contributed by atoms with Crippen molar-refractivity contribution in [2.45, 2.75) is 25.6 Å². The molecular formula is C27H21F3N4O5S. The smallest absolute Gasteiger partial charge is 0.419 e. The first-order valence-corrected chi connectivity index (χ1v) is 12.0. The van der Waals surface area contributed by atoms with Crippen molar-refractivity contribution in [3.8, 4) is 22.9 Å². The van der Waals surface area contributed by atoms with Crippen molar-refractivity contribution >= 4 is 40.6 Å². The highest BCUT2D eigenvalue weighted by molar-refractivity contribution is 7.81. The number of hydrogen-bond acceptors (Lipinski definition) is 8. The molecule has 206 valence electrons. The summed E-state index contributed by atoms with van der Waals surface area (Å²) in [5, 5.41) is 9.01. The lowest BCUT2D eigenvalue weighted by atomic mass is 10.0. The summed E-state index contributed by atoms with van der Waals surface area (Å²) >= 11 is 5.55. The molecule has 1 aromatic heterocycles. The molecule has 1 aliphatic rings. The number of anilines is 2. The molecule has 1 amide bonds. The van der Waals surface area contributed by atoms with E-state index in [-0.39, 0.29) is 17.4 Å². The third-order valence-electron chi connectivity index (χ3n) is 6.08. The maximum absolute atomic E-state index is 13.5. The first-order valence-electron chi connectivity index (χ1n) is 11.6. The molecular weight excluding hydrogens is 549 g/mol. The van der Waals surface area contributed by atoms with Crippen LogP contribution in [0.3, 0.4) is 0 Å². The van der Waals surface area contributed by atoms with Gasteiger partial charge in [0.2, 0.25) is 0 Å². The number of thiocarbonyl (C=S) groups is 1. The predicted octanol–water partition coefficient (Wildman–Crippen LogP) is 5.04. The van der Waals surface area contributed by atoms with Crippen LogP contribution in [-0.2, 0) is 25.4 Å². The number of nitriles is 1. The SMILES string of the molecule is COC(=O)COOc1ccc(-c2ccc(N3C(=S)N(c4cnc(C#N)c(C(F)(F)F)c4)C(=O)C3(C)C)cc2)cc1. The van der Waals surface area contributed by atoms with Crippen molar-refractivity contribution in [2.24, 2.45) is 0 Å². The van der Waals surface area contributed by atoms with E-state index in [2.05, 4.69) is 9.72 Å². The Morgan fingerprint density at radius 2 is 1.68 bits per heavy atom. The van der Waals surface area contributed by atoms with Gasteiger partial charge in [-0.15, -0.1) is 0 Å². The van der Waals surface area contributed by atoms with Crippen LogP contribution < -0.4 is 14.7 Å². The van der Waals surface area contributed by atoms with Crippen molar-refractivity contribution in [1.29, 1.82) is 5.26 Å². The Labute approximate surface area is 232 Å². The number of hydrogen-bond donors (Lipinski definition) is 0. The third kappa shape index (κ3) is 5.45. The highest BCUT2D eigenvalue weighted by Crippen LogP contribution is 2.39. The van der Waals surface area contributed by atoms with E-state index in [1.165, 1.54) is 13.2 Å². The van der Waals surface area contributed by atoms with Crippen LogP contribution in [0, 0.1) is 11.3 Å². The normalized spacial score (nSPS) is 14.7. The van der Waals surface area contributed by atoms with Crippen molar-refractivity contribution in [2.75, 3.05) is 23.5 Å². The van der Waals surface area contributed by atoms with Gasteiger partial charge in [-0.1, -0.05) is 24.3 Å². The predicted molar refractivity (Wildman–Crippen MR) is 141 cm³/mol. The van der Waals surface area contributed by atoms with Gasteiger partial charge in [0.25, 0.3) is 5.91 Å². The minimum Gasteiger partial charge on any atom is -0.467 e. The second-order valence-corrected chi connectivity index (χ2v) is 9.37. The van der Waals surface area contributed by atoms with E-state index in [4.69, 9.17) is 27.3 Å². The van der Waals surface area contributed by atoms with Crippen LogP contribution in [-0.4, -0.2) is 41.2 Å². The number of rotatable bonds is 7. The molecule has 0 atom stereocenters. The Morgan fingerprint density at radius 1 is 1.07 bits per heavy atom. The van der Waals surface area contributed by atoms with Crippen LogP contribution in [0.1, 0.15) is 25.1 Å². The van der Waals surface area contributed by atoms with Gasteiger partial charge < -0.3 is 14.5 Å². The molecule has 13 heteroatoms. The number of alkyl halides is 3. The first-order chi connectivity index (χ1) is 18.9. The third-order valence-corrected chi connectivity index (χ3v) is 6.45. The van der Waals surface area contributed by atoms with E-state index in [0.717, 1.165) is 22.2 Å². The maximum Gasteiger partial charge on any atom is 0.419 e. The van der Waals surface area contributed by atoms with Gasteiger partial charge in [0.15, 0.2) is 23.2 Å². The lowest BCUT2D eigenvalue weighted by molar-refractivity contribution is -0.215. The number of pyridine rings is 1. The summed E-state index contributed by atoms with van der Waals surface area (Å²) in [6.07, 6.45) is -3.82. The average Bonchev–Trinajstić information content (AvgIpc) is 3.11. The van der Waals surface area contributed by atoms with Crippen LogP contribution >= 0.6 is 12.2 Å². The number of ether oxygens (including phenoxy) is 1. The fourth-order valence-corrected chi connectivity index (χ4v) is 4.57. The molecule has 0 saturated carbocycles. The molecule has 0 aliphatic carbocycles. The molecule has 9 nitrogen and oxygen atoms in total. The fourth-order valence-electron chi connectivity index (χ4n) is 4.05. The summed E-state index contributed by atoms with van der Waals surface area (Å²) < 4.78 is 45.0. The molecule has 1 fully saturated rings. The Kier molecular flexibility index (Phi) is 7.77. The van der Waals surface area contributed by atoms with Crippen LogP contribution in [0.5, 0.6) is 5.75 Å². The van der Waals surface area contributed by atoms with Crippen LogP contribution in [0.15, 0.2) is 60.8 Å². The van der Waals surface area contributed by atoms with Crippen LogP contribution in [0.25, 0.3) is 11.1 Å². The summed E-state index contributed by atoms with van der Waals surface area (Å²) in [4.78, 5) is 40.5. The summed E-state index contributed by atoms with van der Waals surface area (Å²) in [6.45, 7) is 2.86. The number of aromatic nitrogens is 1. The van der Waals surface area contributed by atoms with E-state index in [1.807, 2.05) is 0 Å². The second kappa shape index (κ2) is 10.9. The number of carbonyl (C=O) groups is 2. The quantitative estimate of drug-likeness (QED) is 0.167. The second-order valence-electron chi connectivity index (χ2n) is 9.01. The van der Waals surface area contributed by atoms with Gasteiger partial charge in [-0.2, -0.15) is 23.3 Å². The van der Waals surface area contributed by atoms with Gasteiger partial charge in [0.1, 0.15) is 11.6 Å². The number of benzene rings is 2. The summed E-state index contributed by atoms with van der Waals surface area (Å²) in [6, 6.07) is 16.1. The number of amides is 1. The highest BCUT2D eigenvalue weighted by atomic mass is 32.1. The molecule has 2 aromatic carbocycles. The van der Waals surface area contributed by atoms with Crippen LogP contribution in [0.4, 0.5) is 24.5 Å². The van der Waals surface area contributed by atoms with Gasteiger partial charge in [-0.25, -0.2) is 9.78 Å². The molecule has 0 spiro atoms. The van der Waals surface area contributed by atoms with Gasteiger partial charge in [0, 0.05) is 5.69 Å². The van der Waals surface area contributed by atoms with Crippen molar-refractivity contribution in [1.82, 2.24) is 4.98 Å². The van der Waals surface area contributed by atoms with Gasteiger partial charge >= 0.3 is 12.1 Å². The van der Waals surface area contributed by atoms with Crippen molar-refractivity contribution in [3.63, 3.8) is 0 Å². The van der Waals surface area contributed by atoms with Gasteiger partial charge in [0.05, 0.1) is 24.6 Å². The van der Waals surface area contributed by atoms with Crippen molar-refractivity contribution in [3.05, 3.63) is 72.1 Å². The van der Waals surface area contributed by atoms with Crippen LogP contribution in [0.2, 0.25) is 0 Å². The summed E-state index contributed by atoms with van der Waals surface area (Å²) in [5.74, 6) is -0.758. The number of esters is 1. The number of methoxy groups -OCH3 is 1. The van der Waals surface area contributed by atoms with E-state index in [0.29, 0.717) is 17.5 Å². The Hall–Kier alpha value is -4.54. The van der Waals surface area contributed by atoms with E-state index in [9.17, 15) is 22.8 Å². The zero-order chi connectivity index (χ0) is 29.2. The Balaban J connectivity index is 1.56.